The molecule has 0 aromatic rings. The lowest BCUT2D eigenvalue weighted by atomic mass is 10.1. The minimum Gasteiger partial charge on any atom is -0.391 e. The summed E-state index contributed by atoms with van der Waals surface area (Å²) in [6, 6.07) is 0. The number of carbonyl (C=O) groups is 1. The maximum atomic E-state index is 10.5. The van der Waals surface area contributed by atoms with Gasteiger partial charge in [-0.3, -0.25) is 4.79 Å². The Kier molecular flexibility index (Phi) is 9.71. The second kappa shape index (κ2) is 10.3. The van der Waals surface area contributed by atoms with E-state index in [-0.39, 0.29) is 5.78 Å². The maximum Gasteiger partial charge on any atom is 0.154 e. The van der Waals surface area contributed by atoms with Gasteiger partial charge in [0.05, 0.1) is 0 Å². The monoisotopic (exact) mass is 197 g/mol. The second-order valence-corrected chi connectivity index (χ2v) is 3.67. The van der Waals surface area contributed by atoms with Crippen molar-refractivity contribution in [2.24, 2.45) is 0 Å². The van der Waals surface area contributed by atoms with E-state index >= 15 is 0 Å². The molecule has 2 nitrogen and oxygen atoms in total. The number of ketones is 1. The topological polar surface area (TPSA) is 29.1 Å². The van der Waals surface area contributed by atoms with Crippen molar-refractivity contribution in [3.8, 4) is 0 Å². The van der Waals surface area contributed by atoms with Crippen LogP contribution in [0.5, 0.6) is 0 Å². The van der Waals surface area contributed by atoms with Crippen LogP contribution in [0.15, 0.2) is 12.3 Å². The minimum absolute atomic E-state index is 0.0976. The van der Waals surface area contributed by atoms with Gasteiger partial charge >= 0.3 is 0 Å². The highest BCUT2D eigenvalue weighted by atomic mass is 16.1. The molecular formula is C12H23NO. The quantitative estimate of drug-likeness (QED) is 0.454. The lowest BCUT2D eigenvalue weighted by molar-refractivity contribution is -0.112. The molecule has 0 aliphatic rings. The SMILES string of the molecule is CCCCCCCCNC=CC(C)=O. The molecule has 0 amide bonds. The smallest absolute Gasteiger partial charge is 0.154 e. The Morgan fingerprint density at radius 1 is 1.14 bits per heavy atom. The molecule has 14 heavy (non-hydrogen) atoms. The normalized spacial score (nSPS) is 10.7. The average molecular weight is 197 g/mol. The summed E-state index contributed by atoms with van der Waals surface area (Å²) in [7, 11) is 0. The van der Waals surface area contributed by atoms with Crippen molar-refractivity contribution in [3.63, 3.8) is 0 Å². The van der Waals surface area contributed by atoms with Crippen LogP contribution in [0, 0.1) is 0 Å². The number of hydrogen-bond donors (Lipinski definition) is 1. The molecule has 0 fully saturated rings. The van der Waals surface area contributed by atoms with Crippen molar-refractivity contribution in [2.75, 3.05) is 6.54 Å². The van der Waals surface area contributed by atoms with Gasteiger partial charge in [0.25, 0.3) is 0 Å². The summed E-state index contributed by atoms with van der Waals surface area (Å²) >= 11 is 0. The van der Waals surface area contributed by atoms with Crippen LogP contribution in [-0.2, 0) is 4.79 Å². The number of unbranched alkanes of at least 4 members (excludes halogenated alkanes) is 5. The number of hydrogen-bond acceptors (Lipinski definition) is 2. The molecule has 2 heteroatoms. The van der Waals surface area contributed by atoms with Crippen molar-refractivity contribution in [2.45, 2.75) is 52.4 Å². The van der Waals surface area contributed by atoms with Crippen LogP contribution in [0.25, 0.3) is 0 Å². The molecule has 0 rings (SSSR count). The Morgan fingerprint density at radius 3 is 2.43 bits per heavy atom. The second-order valence-electron chi connectivity index (χ2n) is 3.67. The van der Waals surface area contributed by atoms with E-state index in [1.54, 1.807) is 19.2 Å². The lowest BCUT2D eigenvalue weighted by Gasteiger charge is -2.00. The number of allylic oxidation sites excluding steroid dienone is 1. The fourth-order valence-corrected chi connectivity index (χ4v) is 1.27. The zero-order chi connectivity index (χ0) is 10.6. The van der Waals surface area contributed by atoms with E-state index in [4.69, 9.17) is 0 Å². The van der Waals surface area contributed by atoms with Gasteiger partial charge in [0.1, 0.15) is 0 Å². The molecule has 1 N–H and O–H groups in total. The summed E-state index contributed by atoms with van der Waals surface area (Å²) in [5.41, 5.74) is 0. The van der Waals surface area contributed by atoms with Crippen LogP contribution in [0.4, 0.5) is 0 Å². The molecule has 82 valence electrons. The van der Waals surface area contributed by atoms with Crippen LogP contribution in [-0.4, -0.2) is 12.3 Å². The predicted molar refractivity (Wildman–Crippen MR) is 61.2 cm³/mol. The summed E-state index contributed by atoms with van der Waals surface area (Å²) in [5.74, 6) is 0.0976. The first-order chi connectivity index (χ1) is 6.77. The zero-order valence-electron chi connectivity index (χ0n) is 9.51. The van der Waals surface area contributed by atoms with Crippen molar-refractivity contribution in [1.82, 2.24) is 5.32 Å². The fraction of sp³-hybridized carbons (Fsp3) is 0.750. The van der Waals surface area contributed by atoms with Crippen molar-refractivity contribution in [1.29, 1.82) is 0 Å². The summed E-state index contributed by atoms with van der Waals surface area (Å²) < 4.78 is 0. The van der Waals surface area contributed by atoms with E-state index in [2.05, 4.69) is 12.2 Å². The molecule has 0 radical (unpaired) electrons. The summed E-state index contributed by atoms with van der Waals surface area (Å²) in [6.07, 6.45) is 11.2. The van der Waals surface area contributed by atoms with Crippen molar-refractivity contribution >= 4 is 5.78 Å². The highest BCUT2D eigenvalue weighted by Gasteiger charge is 1.88. The van der Waals surface area contributed by atoms with Crippen molar-refractivity contribution < 1.29 is 4.79 Å². The first-order valence-electron chi connectivity index (χ1n) is 5.68. The van der Waals surface area contributed by atoms with Gasteiger partial charge in [-0.1, -0.05) is 39.0 Å². The van der Waals surface area contributed by atoms with Gasteiger partial charge < -0.3 is 5.32 Å². The van der Waals surface area contributed by atoms with Gasteiger partial charge in [0.2, 0.25) is 0 Å². The molecule has 0 heterocycles. The molecule has 0 aromatic heterocycles. The van der Waals surface area contributed by atoms with Gasteiger partial charge in [0.15, 0.2) is 5.78 Å². The van der Waals surface area contributed by atoms with E-state index in [1.165, 1.54) is 38.5 Å². The van der Waals surface area contributed by atoms with Gasteiger partial charge in [-0.05, 0) is 25.6 Å². The largest absolute Gasteiger partial charge is 0.391 e. The predicted octanol–water partition coefficient (Wildman–Crippen LogP) is 3.04. The van der Waals surface area contributed by atoms with Gasteiger partial charge in [-0.15, -0.1) is 0 Å². The van der Waals surface area contributed by atoms with Crippen LogP contribution in [0.2, 0.25) is 0 Å². The highest BCUT2D eigenvalue weighted by Crippen LogP contribution is 2.03. The van der Waals surface area contributed by atoms with E-state index in [9.17, 15) is 4.79 Å². The molecular weight excluding hydrogens is 174 g/mol. The summed E-state index contributed by atoms with van der Waals surface area (Å²) in [4.78, 5) is 10.5. The summed E-state index contributed by atoms with van der Waals surface area (Å²) in [5, 5.41) is 3.11. The molecule has 0 aliphatic carbocycles. The summed E-state index contributed by atoms with van der Waals surface area (Å²) in [6.45, 7) is 4.77. The van der Waals surface area contributed by atoms with Crippen LogP contribution in [0.3, 0.4) is 0 Å². The molecule has 0 saturated carbocycles. The average Bonchev–Trinajstić information content (AvgIpc) is 2.15. The first kappa shape index (κ1) is 13.2. The molecule has 0 unspecified atom stereocenters. The number of carbonyl (C=O) groups excluding carboxylic acids is 1. The Hall–Kier alpha value is -0.790. The Bertz CT molecular complexity index is 164. The van der Waals surface area contributed by atoms with Gasteiger partial charge in [-0.2, -0.15) is 0 Å². The molecule has 0 spiro atoms. The van der Waals surface area contributed by atoms with Crippen LogP contribution >= 0.6 is 0 Å². The van der Waals surface area contributed by atoms with Crippen LogP contribution < -0.4 is 5.32 Å². The standard InChI is InChI=1S/C12H23NO/c1-3-4-5-6-7-8-10-13-11-9-12(2)14/h9,11,13H,3-8,10H2,1-2H3. The maximum absolute atomic E-state index is 10.5. The molecule has 0 saturated heterocycles. The van der Waals surface area contributed by atoms with Gasteiger partial charge in [0, 0.05) is 6.54 Å². The van der Waals surface area contributed by atoms with Gasteiger partial charge in [-0.25, -0.2) is 0 Å². The third-order valence-electron chi connectivity index (χ3n) is 2.11. The zero-order valence-corrected chi connectivity index (χ0v) is 9.51. The Labute approximate surface area is 87.8 Å². The van der Waals surface area contributed by atoms with E-state index in [0.717, 1.165) is 6.54 Å². The molecule has 0 aromatic carbocycles. The highest BCUT2D eigenvalue weighted by molar-refractivity contribution is 5.87. The van der Waals surface area contributed by atoms with E-state index in [1.807, 2.05) is 0 Å². The lowest BCUT2D eigenvalue weighted by Crippen LogP contribution is -2.07. The third-order valence-corrected chi connectivity index (χ3v) is 2.11. The van der Waals surface area contributed by atoms with Crippen LogP contribution in [0.1, 0.15) is 52.4 Å². The molecule has 0 aliphatic heterocycles. The molecule has 0 bridgehead atoms. The Morgan fingerprint density at radius 2 is 1.79 bits per heavy atom. The third kappa shape index (κ3) is 11.2. The number of rotatable bonds is 9. The van der Waals surface area contributed by atoms with Crippen molar-refractivity contribution in [3.05, 3.63) is 12.3 Å². The fourth-order valence-electron chi connectivity index (χ4n) is 1.27. The first-order valence-corrected chi connectivity index (χ1v) is 5.68. The number of nitrogens with one attached hydrogen (secondary N) is 1. The van der Waals surface area contributed by atoms with E-state index < -0.39 is 0 Å². The minimum atomic E-state index is 0.0976. The van der Waals surface area contributed by atoms with E-state index in [0.29, 0.717) is 0 Å². The molecule has 0 atom stereocenters. The Balaban J connectivity index is 3.02.